The largest absolute Gasteiger partial charge is 0.494 e. The minimum absolute atomic E-state index is 0.264. The smallest absolute Gasteiger partial charge is 0.326 e. The Morgan fingerprint density at radius 1 is 0.796 bits per heavy atom. The summed E-state index contributed by atoms with van der Waals surface area (Å²) in [5.41, 5.74) is 2.39. The van der Waals surface area contributed by atoms with Gasteiger partial charge in [-0.2, -0.15) is 8.78 Å². The van der Waals surface area contributed by atoms with E-state index in [0.717, 1.165) is 73.3 Å². The van der Waals surface area contributed by atoms with Gasteiger partial charge in [0.1, 0.15) is 17.2 Å². The van der Waals surface area contributed by atoms with Gasteiger partial charge < -0.3 is 14.2 Å². The molecule has 9 heteroatoms. The molecule has 0 fully saturated rings. The van der Waals surface area contributed by atoms with Gasteiger partial charge in [-0.25, -0.2) is 15.0 Å². The van der Waals surface area contributed by atoms with Crippen molar-refractivity contribution < 1.29 is 23.0 Å². The Bertz CT molecular complexity index is 1370. The van der Waals surface area contributed by atoms with E-state index in [2.05, 4.69) is 42.6 Å². The SMILES string of the molecule is CCCCCC(C)CCCCCCC(C)[SiH2]c1cc(-c2ncc(-c3ccc(OCCCCOCCCC)cc3)cn2)nc2c1OCC2(F)F. The van der Waals surface area contributed by atoms with Crippen LogP contribution in [0.2, 0.25) is 5.54 Å². The lowest BCUT2D eigenvalue weighted by Crippen LogP contribution is -2.22. The molecule has 0 N–H and O–H groups in total. The van der Waals surface area contributed by atoms with E-state index < -0.39 is 22.0 Å². The summed E-state index contributed by atoms with van der Waals surface area (Å²) in [7, 11) is -0.888. The van der Waals surface area contributed by atoms with Gasteiger partial charge in [-0.05, 0) is 59.7 Å². The standard InChI is InChI=1S/C40H59F2N3O3Si/c1-5-7-11-16-30(3)17-12-9-10-13-18-31(4)49-36-26-35(45-38-37(36)48-29-40(38,41)42)39-43-27-33(28-44-39)32-19-21-34(22-20-32)47-25-15-14-24-46-23-8-6-2/h19-22,26-28,30-31H,5-18,23-25,29,49H2,1-4H3. The van der Waals surface area contributed by atoms with Gasteiger partial charge in [0.05, 0.1) is 16.1 Å². The van der Waals surface area contributed by atoms with Gasteiger partial charge in [-0.3, -0.25) is 0 Å². The molecule has 1 aliphatic rings. The highest BCUT2D eigenvalue weighted by Crippen LogP contribution is 2.40. The quantitative estimate of drug-likeness (QED) is 0.0687. The molecular weight excluding hydrogens is 637 g/mol. The molecule has 0 aliphatic carbocycles. The van der Waals surface area contributed by atoms with E-state index in [1.165, 1.54) is 57.8 Å². The normalized spacial score (nSPS) is 15.0. The third-order valence-electron chi connectivity index (χ3n) is 9.47. The topological polar surface area (TPSA) is 66.4 Å². The highest BCUT2D eigenvalue weighted by Gasteiger charge is 2.45. The average Bonchev–Trinajstić information content (AvgIpc) is 3.42. The van der Waals surface area contributed by atoms with Gasteiger partial charge in [-0.15, -0.1) is 0 Å². The highest BCUT2D eigenvalue weighted by atomic mass is 28.2. The van der Waals surface area contributed by atoms with Crippen molar-refractivity contribution in [3.63, 3.8) is 0 Å². The Balaban J connectivity index is 1.29. The second kappa shape index (κ2) is 20.7. The van der Waals surface area contributed by atoms with Crippen molar-refractivity contribution >= 4 is 14.7 Å². The molecule has 49 heavy (non-hydrogen) atoms. The van der Waals surface area contributed by atoms with Crippen molar-refractivity contribution in [2.45, 2.75) is 129 Å². The fourth-order valence-electron chi connectivity index (χ4n) is 6.39. The first-order valence-electron chi connectivity index (χ1n) is 19.0. The first-order chi connectivity index (χ1) is 23.8. The van der Waals surface area contributed by atoms with Crippen LogP contribution in [-0.2, 0) is 10.7 Å². The van der Waals surface area contributed by atoms with Crippen molar-refractivity contribution in [3.8, 4) is 34.1 Å². The maximum absolute atomic E-state index is 14.9. The minimum Gasteiger partial charge on any atom is -0.494 e. The average molecular weight is 696 g/mol. The van der Waals surface area contributed by atoms with Crippen LogP contribution < -0.4 is 14.7 Å². The zero-order valence-corrected chi connectivity index (χ0v) is 31.9. The summed E-state index contributed by atoms with van der Waals surface area (Å²) in [6, 6.07) is 9.75. The van der Waals surface area contributed by atoms with Gasteiger partial charge in [0.2, 0.25) is 0 Å². The number of alkyl halides is 2. The fraction of sp³-hybridized carbons (Fsp3) is 0.625. The van der Waals surface area contributed by atoms with E-state index >= 15 is 0 Å². The van der Waals surface area contributed by atoms with E-state index in [9.17, 15) is 8.78 Å². The summed E-state index contributed by atoms with van der Waals surface area (Å²) in [6.45, 7) is 10.7. The summed E-state index contributed by atoms with van der Waals surface area (Å²) >= 11 is 0. The van der Waals surface area contributed by atoms with Crippen LogP contribution in [0, 0.1) is 5.92 Å². The molecule has 0 radical (unpaired) electrons. The molecule has 1 aliphatic heterocycles. The van der Waals surface area contributed by atoms with E-state index in [1.54, 1.807) is 12.4 Å². The van der Waals surface area contributed by atoms with Crippen molar-refractivity contribution in [2.24, 2.45) is 5.92 Å². The van der Waals surface area contributed by atoms with Crippen LogP contribution in [-0.4, -0.2) is 50.9 Å². The zero-order chi connectivity index (χ0) is 34.9. The van der Waals surface area contributed by atoms with Crippen molar-refractivity contribution in [3.05, 3.63) is 48.4 Å². The summed E-state index contributed by atoms with van der Waals surface area (Å²) in [6.07, 6.45) is 20.4. The number of halogens is 2. The van der Waals surface area contributed by atoms with Gasteiger partial charge in [0.15, 0.2) is 18.1 Å². The van der Waals surface area contributed by atoms with E-state index in [1.807, 2.05) is 30.3 Å². The van der Waals surface area contributed by atoms with Crippen LogP contribution in [0.4, 0.5) is 8.78 Å². The molecule has 2 aromatic heterocycles. The number of rotatable bonds is 24. The number of benzene rings is 1. The monoisotopic (exact) mass is 695 g/mol. The Morgan fingerprint density at radius 2 is 1.45 bits per heavy atom. The number of fused-ring (bicyclic) bond motifs is 1. The first kappa shape index (κ1) is 38.9. The summed E-state index contributed by atoms with van der Waals surface area (Å²) in [4.78, 5) is 13.5. The highest BCUT2D eigenvalue weighted by molar-refractivity contribution is 6.56. The molecule has 3 aromatic rings. The van der Waals surface area contributed by atoms with Gasteiger partial charge >= 0.3 is 5.92 Å². The van der Waals surface area contributed by atoms with Crippen LogP contribution in [0.1, 0.15) is 123 Å². The maximum atomic E-state index is 14.9. The lowest BCUT2D eigenvalue weighted by Gasteiger charge is -2.15. The van der Waals surface area contributed by atoms with E-state index in [0.29, 0.717) is 29.4 Å². The molecule has 270 valence electrons. The third-order valence-corrected chi connectivity index (χ3v) is 11.5. The molecule has 0 saturated heterocycles. The number of nitrogens with zero attached hydrogens (tertiary/aromatic N) is 3. The van der Waals surface area contributed by atoms with Crippen molar-refractivity contribution in [1.82, 2.24) is 15.0 Å². The third kappa shape index (κ3) is 12.7. The summed E-state index contributed by atoms with van der Waals surface area (Å²) < 4.78 is 46.8. The van der Waals surface area contributed by atoms with Crippen LogP contribution in [0.25, 0.3) is 22.6 Å². The Hall–Kier alpha value is -2.91. The Morgan fingerprint density at radius 3 is 2.16 bits per heavy atom. The lowest BCUT2D eigenvalue weighted by atomic mass is 9.96. The number of hydrogen-bond acceptors (Lipinski definition) is 6. The molecule has 0 spiro atoms. The number of ether oxygens (including phenoxy) is 3. The predicted octanol–water partition coefficient (Wildman–Crippen LogP) is 9.82. The second-order valence-corrected chi connectivity index (χ2v) is 16.6. The van der Waals surface area contributed by atoms with Gasteiger partial charge in [-0.1, -0.05) is 110 Å². The van der Waals surface area contributed by atoms with Crippen LogP contribution in [0.3, 0.4) is 0 Å². The number of pyridine rings is 1. The van der Waals surface area contributed by atoms with Gasteiger partial charge in [0, 0.05) is 31.2 Å². The lowest BCUT2D eigenvalue weighted by molar-refractivity contribution is -0.0243. The van der Waals surface area contributed by atoms with Crippen molar-refractivity contribution in [1.29, 1.82) is 0 Å². The number of unbranched alkanes of at least 4 members (excludes halogenated alkanes) is 7. The minimum atomic E-state index is -3.11. The molecular formula is C40H59F2N3O3Si. The molecule has 2 unspecified atom stereocenters. The maximum Gasteiger partial charge on any atom is 0.326 e. The van der Waals surface area contributed by atoms with Gasteiger partial charge in [0.25, 0.3) is 0 Å². The molecule has 4 rings (SSSR count). The van der Waals surface area contributed by atoms with E-state index in [-0.39, 0.29) is 5.69 Å². The van der Waals surface area contributed by atoms with Crippen LogP contribution in [0.5, 0.6) is 11.5 Å². The molecule has 1 aromatic carbocycles. The fourth-order valence-corrected chi connectivity index (χ4v) is 8.40. The molecule has 6 nitrogen and oxygen atoms in total. The molecule has 0 bridgehead atoms. The van der Waals surface area contributed by atoms with Crippen LogP contribution in [0.15, 0.2) is 42.7 Å². The molecule has 0 saturated carbocycles. The Kier molecular flexibility index (Phi) is 16.4. The first-order valence-corrected chi connectivity index (χ1v) is 20.5. The second-order valence-electron chi connectivity index (χ2n) is 14.1. The summed E-state index contributed by atoms with van der Waals surface area (Å²) in [5, 5.41) is 0.901. The Labute approximate surface area is 296 Å². The number of aromatic nitrogens is 3. The van der Waals surface area contributed by atoms with E-state index in [4.69, 9.17) is 14.2 Å². The molecule has 3 heterocycles. The van der Waals surface area contributed by atoms with Crippen molar-refractivity contribution in [2.75, 3.05) is 26.4 Å². The molecule has 2 atom stereocenters. The zero-order valence-electron chi connectivity index (χ0n) is 30.5. The predicted molar refractivity (Wildman–Crippen MR) is 199 cm³/mol. The number of hydrogen-bond donors (Lipinski definition) is 0. The molecule has 0 amide bonds. The summed E-state index contributed by atoms with van der Waals surface area (Å²) in [5.74, 6) is -0.833. The van der Waals surface area contributed by atoms with Crippen LogP contribution >= 0.6 is 0 Å².